The van der Waals surface area contributed by atoms with Crippen molar-refractivity contribution in [2.45, 2.75) is 25.3 Å². The predicted octanol–water partition coefficient (Wildman–Crippen LogP) is 3.07. The minimum Gasteiger partial charge on any atom is -0.481 e. The Hall–Kier alpha value is -2.36. The fraction of sp³-hybridized carbons (Fsp3) is 0.333. The van der Waals surface area contributed by atoms with Gasteiger partial charge in [0.15, 0.2) is 0 Å². The van der Waals surface area contributed by atoms with Crippen molar-refractivity contribution >= 4 is 5.91 Å². The Balaban J connectivity index is 1.58. The zero-order chi connectivity index (χ0) is 15.5. The van der Waals surface area contributed by atoms with E-state index in [1.54, 1.807) is 13.3 Å². The van der Waals surface area contributed by atoms with Gasteiger partial charge in [-0.1, -0.05) is 36.4 Å². The second kappa shape index (κ2) is 6.18. The van der Waals surface area contributed by atoms with Crippen molar-refractivity contribution in [3.8, 4) is 5.88 Å². The highest BCUT2D eigenvalue weighted by Crippen LogP contribution is 2.47. The van der Waals surface area contributed by atoms with Gasteiger partial charge in [0.25, 0.3) is 0 Å². The van der Waals surface area contributed by atoms with Crippen molar-refractivity contribution in [3.63, 3.8) is 0 Å². The zero-order valence-electron chi connectivity index (χ0n) is 12.8. The summed E-state index contributed by atoms with van der Waals surface area (Å²) >= 11 is 0. The molecule has 1 aliphatic rings. The van der Waals surface area contributed by atoms with E-state index in [4.69, 9.17) is 4.74 Å². The summed E-state index contributed by atoms with van der Waals surface area (Å²) in [6.07, 6.45) is 2.68. The predicted molar refractivity (Wildman–Crippen MR) is 84.6 cm³/mol. The van der Waals surface area contributed by atoms with Gasteiger partial charge in [0, 0.05) is 18.2 Å². The Morgan fingerprint density at radius 1 is 1.27 bits per heavy atom. The van der Waals surface area contributed by atoms with Gasteiger partial charge >= 0.3 is 0 Å². The summed E-state index contributed by atoms with van der Waals surface area (Å²) in [5.41, 5.74) is 2.23. The maximum Gasteiger partial charge on any atom is 0.224 e. The van der Waals surface area contributed by atoms with E-state index in [0.717, 1.165) is 12.0 Å². The summed E-state index contributed by atoms with van der Waals surface area (Å²) in [4.78, 5) is 16.5. The molecule has 3 rings (SSSR count). The van der Waals surface area contributed by atoms with Crippen LogP contribution in [0.5, 0.6) is 5.88 Å². The van der Waals surface area contributed by atoms with Crippen LogP contribution in [0.3, 0.4) is 0 Å². The van der Waals surface area contributed by atoms with Crippen LogP contribution < -0.4 is 10.1 Å². The highest BCUT2D eigenvalue weighted by Gasteiger charge is 2.44. The van der Waals surface area contributed by atoms with E-state index >= 15 is 0 Å². The fourth-order valence-electron chi connectivity index (χ4n) is 2.73. The molecule has 1 saturated carbocycles. The number of nitrogens with zero attached hydrogens (tertiary/aromatic N) is 1. The van der Waals surface area contributed by atoms with Crippen molar-refractivity contribution < 1.29 is 9.53 Å². The molecule has 1 aromatic heterocycles. The van der Waals surface area contributed by atoms with Crippen LogP contribution in [0.1, 0.15) is 36.4 Å². The molecule has 0 spiro atoms. The summed E-state index contributed by atoms with van der Waals surface area (Å²) in [5.74, 6) is 1.16. The first-order chi connectivity index (χ1) is 10.7. The van der Waals surface area contributed by atoms with Gasteiger partial charge in [-0.15, -0.1) is 0 Å². The minimum atomic E-state index is -0.0528. The Bertz CT molecular complexity index is 640. The van der Waals surface area contributed by atoms with E-state index < -0.39 is 0 Å². The number of rotatable bonds is 5. The third-order valence-corrected chi connectivity index (χ3v) is 4.18. The maximum atomic E-state index is 12.3. The number of aromatic nitrogens is 1. The summed E-state index contributed by atoms with van der Waals surface area (Å²) < 4.78 is 5.04. The van der Waals surface area contributed by atoms with Gasteiger partial charge in [0.1, 0.15) is 0 Å². The van der Waals surface area contributed by atoms with Crippen molar-refractivity contribution in [2.24, 2.45) is 5.92 Å². The van der Waals surface area contributed by atoms with Crippen molar-refractivity contribution in [1.82, 2.24) is 10.3 Å². The first-order valence-corrected chi connectivity index (χ1v) is 7.54. The van der Waals surface area contributed by atoms with Crippen LogP contribution in [0.25, 0.3) is 0 Å². The van der Waals surface area contributed by atoms with Gasteiger partial charge in [-0.3, -0.25) is 4.79 Å². The van der Waals surface area contributed by atoms with Gasteiger partial charge in [-0.05, 0) is 30.4 Å². The molecule has 1 aliphatic carbocycles. The summed E-state index contributed by atoms with van der Waals surface area (Å²) in [6, 6.07) is 13.9. The van der Waals surface area contributed by atoms with Gasteiger partial charge in [0.05, 0.1) is 13.2 Å². The second-order valence-electron chi connectivity index (χ2n) is 5.72. The van der Waals surface area contributed by atoms with E-state index in [0.29, 0.717) is 11.8 Å². The van der Waals surface area contributed by atoms with E-state index in [-0.39, 0.29) is 17.9 Å². The zero-order valence-corrected chi connectivity index (χ0v) is 12.8. The number of ether oxygens (including phenoxy) is 1. The molecular weight excluding hydrogens is 276 g/mol. The van der Waals surface area contributed by atoms with Gasteiger partial charge in [-0.25, -0.2) is 4.98 Å². The fourth-order valence-corrected chi connectivity index (χ4v) is 2.73. The highest BCUT2D eigenvalue weighted by molar-refractivity contribution is 5.83. The molecule has 22 heavy (non-hydrogen) atoms. The van der Waals surface area contributed by atoms with E-state index in [1.165, 1.54) is 5.56 Å². The van der Waals surface area contributed by atoms with Crippen LogP contribution in [0.15, 0.2) is 48.7 Å². The first kappa shape index (κ1) is 14.6. The molecule has 4 nitrogen and oxygen atoms in total. The van der Waals surface area contributed by atoms with Crippen molar-refractivity contribution in [2.75, 3.05) is 7.11 Å². The second-order valence-corrected chi connectivity index (χ2v) is 5.72. The third kappa shape index (κ3) is 3.11. The van der Waals surface area contributed by atoms with E-state index in [2.05, 4.69) is 22.4 Å². The Morgan fingerprint density at radius 2 is 2.05 bits per heavy atom. The van der Waals surface area contributed by atoms with Crippen LogP contribution >= 0.6 is 0 Å². The molecule has 1 aromatic carbocycles. The molecule has 0 bridgehead atoms. The van der Waals surface area contributed by atoms with Crippen LogP contribution in [-0.4, -0.2) is 18.0 Å². The Labute approximate surface area is 130 Å². The number of methoxy groups -OCH3 is 1. The molecule has 3 unspecified atom stereocenters. The molecule has 2 aromatic rings. The Morgan fingerprint density at radius 3 is 2.68 bits per heavy atom. The number of nitrogens with one attached hydrogen (secondary N) is 1. The Kier molecular flexibility index (Phi) is 4.09. The van der Waals surface area contributed by atoms with Crippen LogP contribution in [0.2, 0.25) is 0 Å². The van der Waals surface area contributed by atoms with E-state index in [1.807, 2.05) is 37.3 Å². The molecule has 0 radical (unpaired) electrons. The molecule has 1 fully saturated rings. The lowest BCUT2D eigenvalue weighted by Crippen LogP contribution is -2.28. The van der Waals surface area contributed by atoms with E-state index in [9.17, 15) is 4.79 Å². The number of pyridine rings is 1. The lowest BCUT2D eigenvalue weighted by atomic mass is 10.1. The smallest absolute Gasteiger partial charge is 0.224 e. The van der Waals surface area contributed by atoms with Crippen LogP contribution in [0, 0.1) is 5.92 Å². The van der Waals surface area contributed by atoms with Crippen molar-refractivity contribution in [1.29, 1.82) is 0 Å². The molecule has 1 N–H and O–H groups in total. The molecule has 4 heteroatoms. The quantitative estimate of drug-likeness (QED) is 0.922. The van der Waals surface area contributed by atoms with Crippen LogP contribution in [-0.2, 0) is 4.79 Å². The number of hydrogen-bond donors (Lipinski definition) is 1. The minimum absolute atomic E-state index is 0.0528. The molecule has 0 aliphatic heterocycles. The lowest BCUT2D eigenvalue weighted by molar-refractivity contribution is -0.123. The average Bonchev–Trinajstić information content (AvgIpc) is 3.36. The first-order valence-electron chi connectivity index (χ1n) is 7.54. The van der Waals surface area contributed by atoms with Crippen LogP contribution in [0.4, 0.5) is 0 Å². The monoisotopic (exact) mass is 296 g/mol. The molecule has 1 amide bonds. The third-order valence-electron chi connectivity index (χ3n) is 4.18. The molecule has 1 heterocycles. The largest absolute Gasteiger partial charge is 0.481 e. The molecular formula is C18H20N2O2. The highest BCUT2D eigenvalue weighted by atomic mass is 16.5. The number of carbonyl (C=O) groups excluding carboxylic acids is 1. The standard InChI is InChI=1S/C18H20N2O2/c1-12(14-8-9-17(22-2)19-11-14)20-18(21)16-10-15(16)13-6-4-3-5-7-13/h3-9,11-12,15-16H,10H2,1-2H3,(H,20,21). The molecule has 114 valence electrons. The number of benzene rings is 1. The average molecular weight is 296 g/mol. The number of amides is 1. The van der Waals surface area contributed by atoms with Gasteiger partial charge < -0.3 is 10.1 Å². The van der Waals surface area contributed by atoms with Crippen molar-refractivity contribution in [3.05, 3.63) is 59.8 Å². The number of carbonyl (C=O) groups is 1. The topological polar surface area (TPSA) is 51.2 Å². The SMILES string of the molecule is COc1ccc(C(C)NC(=O)C2CC2c2ccccc2)cn1. The van der Waals surface area contributed by atoms with Gasteiger partial charge in [-0.2, -0.15) is 0 Å². The molecule has 3 atom stereocenters. The maximum absolute atomic E-state index is 12.3. The summed E-state index contributed by atoms with van der Waals surface area (Å²) in [5, 5.41) is 3.08. The van der Waals surface area contributed by atoms with Gasteiger partial charge in [0.2, 0.25) is 11.8 Å². The molecule has 0 saturated heterocycles. The summed E-state index contributed by atoms with van der Waals surface area (Å²) in [7, 11) is 1.59. The lowest BCUT2D eigenvalue weighted by Gasteiger charge is -2.14. The normalized spacial score (nSPS) is 21.0. The number of hydrogen-bond acceptors (Lipinski definition) is 3. The summed E-state index contributed by atoms with van der Waals surface area (Å²) in [6.45, 7) is 1.97.